The number of aromatic amines is 1. The highest BCUT2D eigenvalue weighted by molar-refractivity contribution is 7.13. The van der Waals surface area contributed by atoms with Crippen LogP contribution in [0, 0.1) is 0 Å². The molecule has 0 saturated heterocycles. The normalized spacial score (nSPS) is 10.2. The van der Waals surface area contributed by atoms with Crippen molar-refractivity contribution in [1.29, 1.82) is 0 Å². The predicted octanol–water partition coefficient (Wildman–Crippen LogP) is 1.23. The van der Waals surface area contributed by atoms with Crippen molar-refractivity contribution >= 4 is 17.3 Å². The maximum Gasteiger partial charge on any atom is 0.356 e. The number of thiazole rings is 1. The second-order valence-electron chi connectivity index (χ2n) is 2.31. The molecule has 0 atom stereocenters. The van der Waals surface area contributed by atoms with Crippen LogP contribution < -0.4 is 0 Å². The Labute approximate surface area is 77.1 Å². The molecule has 0 aliphatic rings. The van der Waals surface area contributed by atoms with E-state index in [0.29, 0.717) is 5.69 Å². The van der Waals surface area contributed by atoms with Gasteiger partial charge in [0, 0.05) is 17.6 Å². The van der Waals surface area contributed by atoms with E-state index in [0.717, 1.165) is 5.01 Å². The molecule has 0 aromatic carbocycles. The first-order chi connectivity index (χ1) is 6.27. The van der Waals surface area contributed by atoms with Crippen molar-refractivity contribution in [2.24, 2.45) is 0 Å². The highest BCUT2D eigenvalue weighted by atomic mass is 32.1. The first-order valence-electron chi connectivity index (χ1n) is 3.46. The fourth-order valence-corrected chi connectivity index (χ4v) is 1.50. The Morgan fingerprint density at radius 1 is 1.62 bits per heavy atom. The summed E-state index contributed by atoms with van der Waals surface area (Å²) in [6, 6.07) is 1.46. The molecule has 0 fully saturated rings. The standard InChI is InChI=1S/C7H5N3O2S/c11-7(12)5-3-4(9-10-5)6-8-1-2-13-6/h1-3H,(H,9,10)(H,11,12). The Morgan fingerprint density at radius 2 is 2.46 bits per heavy atom. The maximum absolute atomic E-state index is 10.5. The zero-order chi connectivity index (χ0) is 9.26. The van der Waals surface area contributed by atoms with Crippen LogP contribution in [0.25, 0.3) is 10.7 Å². The van der Waals surface area contributed by atoms with E-state index in [4.69, 9.17) is 5.11 Å². The van der Waals surface area contributed by atoms with Crippen molar-refractivity contribution in [3.8, 4) is 10.7 Å². The van der Waals surface area contributed by atoms with E-state index in [-0.39, 0.29) is 5.69 Å². The van der Waals surface area contributed by atoms with Crippen LogP contribution in [0.1, 0.15) is 10.5 Å². The second kappa shape index (κ2) is 2.98. The average Bonchev–Trinajstić information content (AvgIpc) is 2.75. The third-order valence-electron chi connectivity index (χ3n) is 1.46. The minimum atomic E-state index is -1.04. The van der Waals surface area contributed by atoms with Gasteiger partial charge in [-0.15, -0.1) is 11.3 Å². The van der Waals surface area contributed by atoms with Gasteiger partial charge in [0.2, 0.25) is 0 Å². The molecule has 0 bridgehead atoms. The summed E-state index contributed by atoms with van der Waals surface area (Å²) in [5.41, 5.74) is 0.637. The molecule has 2 heterocycles. The molecule has 0 aliphatic carbocycles. The SMILES string of the molecule is O=C(O)c1cc(-c2nccs2)[nH]n1. The van der Waals surface area contributed by atoms with Crippen LogP contribution in [-0.4, -0.2) is 26.3 Å². The van der Waals surface area contributed by atoms with Gasteiger partial charge in [0.05, 0.1) is 5.69 Å². The first-order valence-corrected chi connectivity index (χ1v) is 4.34. The van der Waals surface area contributed by atoms with E-state index in [2.05, 4.69) is 15.2 Å². The van der Waals surface area contributed by atoms with Crippen molar-refractivity contribution in [1.82, 2.24) is 15.2 Å². The Balaban J connectivity index is 2.39. The molecule has 0 saturated carbocycles. The minimum Gasteiger partial charge on any atom is -0.476 e. The van der Waals surface area contributed by atoms with E-state index in [1.165, 1.54) is 17.4 Å². The first kappa shape index (κ1) is 7.93. The molecule has 0 unspecified atom stereocenters. The number of aromatic nitrogens is 3. The van der Waals surface area contributed by atoms with Crippen molar-refractivity contribution in [3.05, 3.63) is 23.3 Å². The highest BCUT2D eigenvalue weighted by Crippen LogP contribution is 2.19. The number of hydrogen-bond donors (Lipinski definition) is 2. The summed E-state index contributed by atoms with van der Waals surface area (Å²) < 4.78 is 0. The van der Waals surface area contributed by atoms with Gasteiger partial charge in [0.15, 0.2) is 5.69 Å². The van der Waals surface area contributed by atoms with Gasteiger partial charge in [-0.25, -0.2) is 9.78 Å². The number of rotatable bonds is 2. The monoisotopic (exact) mass is 195 g/mol. The summed E-state index contributed by atoms with van der Waals surface area (Å²) in [7, 11) is 0. The van der Waals surface area contributed by atoms with Crippen molar-refractivity contribution < 1.29 is 9.90 Å². The summed E-state index contributed by atoms with van der Waals surface area (Å²) in [5, 5.41) is 17.4. The van der Waals surface area contributed by atoms with Gasteiger partial charge in [-0.2, -0.15) is 5.10 Å². The minimum absolute atomic E-state index is 0.00481. The quantitative estimate of drug-likeness (QED) is 0.755. The number of aromatic carboxylic acids is 1. The maximum atomic E-state index is 10.5. The number of nitrogens with one attached hydrogen (secondary N) is 1. The van der Waals surface area contributed by atoms with Gasteiger partial charge in [-0.3, -0.25) is 5.10 Å². The summed E-state index contributed by atoms with van der Waals surface area (Å²) in [4.78, 5) is 14.5. The molecule has 0 spiro atoms. The Morgan fingerprint density at radius 3 is 3.00 bits per heavy atom. The fraction of sp³-hybridized carbons (Fsp3) is 0. The molecule has 0 radical (unpaired) electrons. The topological polar surface area (TPSA) is 78.9 Å². The molecular formula is C7H5N3O2S. The van der Waals surface area contributed by atoms with Gasteiger partial charge in [-0.05, 0) is 0 Å². The van der Waals surface area contributed by atoms with E-state index in [9.17, 15) is 4.79 Å². The Hall–Kier alpha value is -1.69. The number of carbonyl (C=O) groups is 1. The third-order valence-corrected chi connectivity index (χ3v) is 2.27. The molecule has 5 nitrogen and oxygen atoms in total. The van der Waals surface area contributed by atoms with Crippen LogP contribution in [0.3, 0.4) is 0 Å². The Kier molecular flexibility index (Phi) is 1.82. The van der Waals surface area contributed by atoms with Crippen LogP contribution >= 0.6 is 11.3 Å². The second-order valence-corrected chi connectivity index (χ2v) is 3.20. The molecule has 66 valence electrons. The van der Waals surface area contributed by atoms with Crippen molar-refractivity contribution in [2.75, 3.05) is 0 Å². The molecule has 2 aromatic heterocycles. The van der Waals surface area contributed by atoms with E-state index < -0.39 is 5.97 Å². The molecule has 6 heteroatoms. The van der Waals surface area contributed by atoms with Gasteiger partial charge < -0.3 is 5.11 Å². The van der Waals surface area contributed by atoms with Crippen molar-refractivity contribution in [2.45, 2.75) is 0 Å². The number of nitrogens with zero attached hydrogens (tertiary/aromatic N) is 2. The van der Waals surface area contributed by atoms with Crippen LogP contribution in [0.4, 0.5) is 0 Å². The summed E-state index contributed by atoms with van der Waals surface area (Å²) in [5.74, 6) is -1.04. The molecule has 2 N–H and O–H groups in total. The molecule has 0 aliphatic heterocycles. The number of hydrogen-bond acceptors (Lipinski definition) is 4. The molecular weight excluding hydrogens is 190 g/mol. The predicted molar refractivity (Wildman–Crippen MR) is 46.7 cm³/mol. The van der Waals surface area contributed by atoms with Gasteiger partial charge >= 0.3 is 5.97 Å². The molecule has 2 rings (SSSR count). The molecule has 0 amide bonds. The molecule has 2 aromatic rings. The number of carboxylic acid groups (broad SMARTS) is 1. The van der Waals surface area contributed by atoms with E-state index >= 15 is 0 Å². The highest BCUT2D eigenvalue weighted by Gasteiger charge is 2.10. The van der Waals surface area contributed by atoms with Crippen LogP contribution in [0.5, 0.6) is 0 Å². The largest absolute Gasteiger partial charge is 0.476 e. The average molecular weight is 195 g/mol. The Bertz CT molecular complexity index is 421. The lowest BCUT2D eigenvalue weighted by Crippen LogP contribution is -1.95. The van der Waals surface area contributed by atoms with Crippen LogP contribution in [0.15, 0.2) is 17.6 Å². The van der Waals surface area contributed by atoms with Gasteiger partial charge in [-0.1, -0.05) is 0 Å². The smallest absolute Gasteiger partial charge is 0.356 e. The van der Waals surface area contributed by atoms with E-state index in [1.54, 1.807) is 6.20 Å². The summed E-state index contributed by atoms with van der Waals surface area (Å²) in [6.07, 6.45) is 1.65. The number of carboxylic acids is 1. The zero-order valence-corrected chi connectivity index (χ0v) is 7.21. The van der Waals surface area contributed by atoms with Gasteiger partial charge in [0.25, 0.3) is 0 Å². The summed E-state index contributed by atoms with van der Waals surface area (Å²) in [6.45, 7) is 0. The van der Waals surface area contributed by atoms with Crippen LogP contribution in [0.2, 0.25) is 0 Å². The lowest BCUT2D eigenvalue weighted by molar-refractivity contribution is 0.0690. The summed E-state index contributed by atoms with van der Waals surface area (Å²) >= 11 is 1.43. The fourth-order valence-electron chi connectivity index (χ4n) is 0.897. The zero-order valence-electron chi connectivity index (χ0n) is 6.39. The van der Waals surface area contributed by atoms with Gasteiger partial charge in [0.1, 0.15) is 5.01 Å². The lowest BCUT2D eigenvalue weighted by Gasteiger charge is -1.84. The van der Waals surface area contributed by atoms with Crippen molar-refractivity contribution in [3.63, 3.8) is 0 Å². The lowest BCUT2D eigenvalue weighted by atomic mass is 10.4. The van der Waals surface area contributed by atoms with E-state index in [1.807, 2.05) is 5.38 Å². The molecule has 13 heavy (non-hydrogen) atoms. The number of H-pyrrole nitrogens is 1. The van der Waals surface area contributed by atoms with Crippen LogP contribution in [-0.2, 0) is 0 Å². The third kappa shape index (κ3) is 1.43.